The summed E-state index contributed by atoms with van der Waals surface area (Å²) < 4.78 is 18.8. The van der Waals surface area contributed by atoms with E-state index in [0.717, 1.165) is 124 Å². The number of ether oxygens (including phenoxy) is 3. The lowest BCUT2D eigenvalue weighted by molar-refractivity contribution is -0.136. The van der Waals surface area contributed by atoms with Gasteiger partial charge < -0.3 is 28.9 Å². The number of anilines is 1. The van der Waals surface area contributed by atoms with Crippen LogP contribution in [0.1, 0.15) is 113 Å². The van der Waals surface area contributed by atoms with Gasteiger partial charge in [0.15, 0.2) is 0 Å². The monoisotopic (exact) mass is 849 g/mol. The maximum Gasteiger partial charge on any atom is 0.255 e. The minimum Gasteiger partial charge on any atom is -0.494 e. The summed E-state index contributed by atoms with van der Waals surface area (Å²) in [6, 6.07) is 9.35. The molecule has 2 atom stereocenters. The van der Waals surface area contributed by atoms with Crippen LogP contribution in [0.4, 0.5) is 5.69 Å². The Kier molecular flexibility index (Phi) is 12.6. The molecule has 5 aliphatic heterocycles. The smallest absolute Gasteiger partial charge is 0.255 e. The van der Waals surface area contributed by atoms with E-state index in [1.807, 2.05) is 24.3 Å². The van der Waals surface area contributed by atoms with Crippen molar-refractivity contribution in [1.82, 2.24) is 30.2 Å². The molecular weight excluding hydrogens is 787 g/mol. The first-order valence-electron chi connectivity index (χ1n) is 23.1. The minimum absolute atomic E-state index is 0.188. The second-order valence-corrected chi connectivity index (χ2v) is 18.3. The standard InChI is InChI=1S/C47H63N9O6/c1-4-5-6-25-61-34-11-13-38-36(26-34)43(52-51-38)39-27-47(2,49-30-48-39)55-23-21-53(22-24-55)28-31-7-9-32(10-8-31)62-33-17-19-54(20-18-33)40-14-12-35-37(44(40)60-3)29-56(46(35)59)41-15-16-42(57)50-45(41)58/h11-14,26,30-33,41H,4-10,15-25,27-29H2,1-3H3,(H,51,52)(H,50,57,58). The van der Waals surface area contributed by atoms with Crippen LogP contribution in [0.5, 0.6) is 11.5 Å². The van der Waals surface area contributed by atoms with Crippen LogP contribution < -0.4 is 19.7 Å². The molecule has 2 aromatic carbocycles. The number of hydrogen-bond acceptors (Lipinski definition) is 12. The number of aromatic amines is 1. The maximum absolute atomic E-state index is 13.4. The number of imide groups is 1. The van der Waals surface area contributed by atoms with E-state index >= 15 is 0 Å². The molecule has 2 unspecified atom stereocenters. The Balaban J connectivity index is 0.709. The number of nitrogens with zero attached hydrogens (tertiary/aromatic N) is 7. The summed E-state index contributed by atoms with van der Waals surface area (Å²) in [5, 5.41) is 11.3. The molecule has 62 heavy (non-hydrogen) atoms. The lowest BCUT2D eigenvalue weighted by Crippen LogP contribution is -2.57. The molecule has 0 bridgehead atoms. The van der Waals surface area contributed by atoms with Gasteiger partial charge >= 0.3 is 0 Å². The van der Waals surface area contributed by atoms with Crippen LogP contribution in [0.25, 0.3) is 10.9 Å². The number of benzene rings is 2. The number of hydrogen-bond donors (Lipinski definition) is 2. The van der Waals surface area contributed by atoms with Gasteiger partial charge in [0, 0.05) is 75.2 Å². The van der Waals surface area contributed by atoms with Crippen LogP contribution in [0.15, 0.2) is 40.3 Å². The number of piperidine rings is 2. The van der Waals surface area contributed by atoms with Crippen molar-refractivity contribution in [2.45, 2.75) is 121 Å². The molecule has 3 saturated heterocycles. The highest BCUT2D eigenvalue weighted by Crippen LogP contribution is 2.41. The summed E-state index contributed by atoms with van der Waals surface area (Å²) in [6.07, 6.45) is 13.5. The first-order valence-corrected chi connectivity index (χ1v) is 23.1. The van der Waals surface area contributed by atoms with E-state index in [2.05, 4.69) is 45.0 Å². The van der Waals surface area contributed by atoms with Crippen molar-refractivity contribution < 1.29 is 28.6 Å². The van der Waals surface area contributed by atoms with Crippen LogP contribution >= 0.6 is 0 Å². The number of rotatable bonds is 14. The van der Waals surface area contributed by atoms with E-state index in [1.165, 1.54) is 25.7 Å². The maximum atomic E-state index is 13.4. The number of carbonyl (C=O) groups excluding carboxylic acids is 3. The summed E-state index contributed by atoms with van der Waals surface area (Å²) in [5.41, 5.74) is 4.83. The highest BCUT2D eigenvalue weighted by Gasteiger charge is 2.42. The van der Waals surface area contributed by atoms with E-state index in [0.29, 0.717) is 42.7 Å². The number of unbranched alkanes of at least 4 members (excludes halogenated alkanes) is 2. The van der Waals surface area contributed by atoms with Crippen molar-refractivity contribution in [2.75, 3.05) is 64.4 Å². The molecule has 332 valence electrons. The lowest BCUT2D eigenvalue weighted by atomic mass is 9.86. The molecule has 4 fully saturated rings. The normalized spacial score (nSPS) is 26.5. The molecule has 3 aromatic rings. The number of amides is 3. The number of carbonyl (C=O) groups is 3. The van der Waals surface area contributed by atoms with Gasteiger partial charge in [-0.1, -0.05) is 19.8 Å². The van der Waals surface area contributed by atoms with Gasteiger partial charge in [0.05, 0.1) is 49.4 Å². The molecule has 1 aromatic heterocycles. The number of aromatic nitrogens is 2. The largest absolute Gasteiger partial charge is 0.494 e. The van der Waals surface area contributed by atoms with Crippen molar-refractivity contribution in [3.63, 3.8) is 0 Å². The van der Waals surface area contributed by atoms with Gasteiger partial charge in [-0.3, -0.25) is 34.7 Å². The molecule has 1 aliphatic carbocycles. The van der Waals surface area contributed by atoms with Crippen LogP contribution in [0.2, 0.25) is 0 Å². The van der Waals surface area contributed by atoms with Gasteiger partial charge in [-0.2, -0.15) is 5.10 Å². The first kappa shape index (κ1) is 42.4. The molecular formula is C47H63N9O6. The molecule has 9 rings (SSSR count). The highest BCUT2D eigenvalue weighted by atomic mass is 16.5. The zero-order valence-electron chi connectivity index (χ0n) is 36.7. The first-order chi connectivity index (χ1) is 30.2. The summed E-state index contributed by atoms with van der Waals surface area (Å²) >= 11 is 0. The van der Waals surface area contributed by atoms with E-state index < -0.39 is 11.9 Å². The Morgan fingerprint density at radius 1 is 0.903 bits per heavy atom. The zero-order valence-corrected chi connectivity index (χ0v) is 36.7. The number of nitrogens with one attached hydrogen (secondary N) is 2. The second kappa shape index (κ2) is 18.5. The van der Waals surface area contributed by atoms with E-state index in [9.17, 15) is 14.4 Å². The molecule has 6 heterocycles. The number of methoxy groups -OCH3 is 1. The molecule has 6 aliphatic rings. The third-order valence-corrected chi connectivity index (χ3v) is 14.3. The molecule has 2 N–H and O–H groups in total. The second-order valence-electron chi connectivity index (χ2n) is 18.3. The Hall–Kier alpha value is -4.86. The Labute approximate surface area is 364 Å². The van der Waals surface area contributed by atoms with Crippen molar-refractivity contribution in [2.24, 2.45) is 15.9 Å². The predicted octanol–water partition coefficient (Wildman–Crippen LogP) is 5.70. The molecule has 3 amide bonds. The van der Waals surface area contributed by atoms with E-state index in [1.54, 1.807) is 18.3 Å². The van der Waals surface area contributed by atoms with Crippen molar-refractivity contribution >= 4 is 46.4 Å². The summed E-state index contributed by atoms with van der Waals surface area (Å²) in [4.78, 5) is 56.5. The van der Waals surface area contributed by atoms with Gasteiger partial charge in [-0.05, 0) is 94.5 Å². The highest BCUT2D eigenvalue weighted by molar-refractivity contribution is 6.12. The lowest BCUT2D eigenvalue weighted by Gasteiger charge is -2.45. The van der Waals surface area contributed by atoms with Crippen molar-refractivity contribution in [3.8, 4) is 11.5 Å². The van der Waals surface area contributed by atoms with E-state index in [-0.39, 0.29) is 30.0 Å². The summed E-state index contributed by atoms with van der Waals surface area (Å²) in [7, 11) is 1.65. The Morgan fingerprint density at radius 2 is 1.69 bits per heavy atom. The Morgan fingerprint density at radius 3 is 2.45 bits per heavy atom. The summed E-state index contributed by atoms with van der Waals surface area (Å²) in [5.74, 6) is 1.38. The quantitative estimate of drug-likeness (QED) is 0.152. The third kappa shape index (κ3) is 8.85. The molecule has 15 nitrogen and oxygen atoms in total. The summed E-state index contributed by atoms with van der Waals surface area (Å²) in [6.45, 7) is 12.3. The number of piperazine rings is 1. The van der Waals surface area contributed by atoms with Crippen molar-refractivity contribution in [1.29, 1.82) is 0 Å². The van der Waals surface area contributed by atoms with Crippen LogP contribution in [-0.4, -0.2) is 138 Å². The number of H-pyrrole nitrogens is 1. The topological polar surface area (TPSA) is 157 Å². The minimum atomic E-state index is -0.651. The average molecular weight is 850 g/mol. The van der Waals surface area contributed by atoms with E-state index in [4.69, 9.17) is 29.3 Å². The van der Waals surface area contributed by atoms with Crippen molar-refractivity contribution in [3.05, 3.63) is 47.2 Å². The average Bonchev–Trinajstić information content (AvgIpc) is 3.86. The Bertz CT molecular complexity index is 2180. The molecule has 0 spiro atoms. The molecule has 1 saturated carbocycles. The fourth-order valence-electron chi connectivity index (χ4n) is 10.6. The fourth-order valence-corrected chi connectivity index (χ4v) is 10.6. The van der Waals surface area contributed by atoms with Crippen LogP contribution in [-0.2, 0) is 20.9 Å². The van der Waals surface area contributed by atoms with Gasteiger partial charge in [-0.25, -0.2) is 4.99 Å². The van der Waals surface area contributed by atoms with Gasteiger partial charge in [0.25, 0.3) is 5.91 Å². The number of fused-ring (bicyclic) bond motifs is 2. The fraction of sp³-hybridized carbons (Fsp3) is 0.617. The van der Waals surface area contributed by atoms with Gasteiger partial charge in [-0.15, -0.1) is 0 Å². The molecule has 0 radical (unpaired) electrons. The third-order valence-electron chi connectivity index (χ3n) is 14.3. The zero-order chi connectivity index (χ0) is 42.8. The SMILES string of the molecule is CCCCCOc1ccc2[nH]nc(C3=NC=NC(C)(N4CCN(CC5CCC(OC6CCN(c7ccc8c(c7OC)CN(C7CCC(=O)NC7=O)C8=O)CC6)CC5)CC4)C3)c2c1. The van der Waals surface area contributed by atoms with Crippen LogP contribution in [0.3, 0.4) is 0 Å². The van der Waals surface area contributed by atoms with Gasteiger partial charge in [0.2, 0.25) is 11.8 Å². The molecule has 15 heteroatoms. The number of aliphatic imine (C=N–C) groups is 2. The predicted molar refractivity (Wildman–Crippen MR) is 238 cm³/mol. The van der Waals surface area contributed by atoms with Crippen LogP contribution in [0, 0.1) is 5.92 Å². The van der Waals surface area contributed by atoms with Gasteiger partial charge in [0.1, 0.15) is 35.2 Å².